The standard InChI is InChI=1S/C20H29N5O2/c1-3-21-20(23-10-6-7-12-25-13-11-22-16(25)2)24-14-17-15-26-18-8-4-5-9-19(18)27-17/h4-5,8-9,11,13,17H,3,6-7,10,12,14-15H2,1-2H3,(H2,21,23,24). The smallest absolute Gasteiger partial charge is 0.191 e. The van der Waals surface area contributed by atoms with Gasteiger partial charge in [0.05, 0.1) is 6.54 Å². The zero-order chi connectivity index (χ0) is 18.9. The molecule has 1 aliphatic heterocycles. The van der Waals surface area contributed by atoms with Gasteiger partial charge in [-0.15, -0.1) is 0 Å². The van der Waals surface area contributed by atoms with E-state index in [1.807, 2.05) is 43.6 Å². The molecule has 0 spiro atoms. The second kappa shape index (κ2) is 9.85. The Balaban J connectivity index is 1.41. The van der Waals surface area contributed by atoms with Crippen LogP contribution in [0.5, 0.6) is 11.5 Å². The van der Waals surface area contributed by atoms with Crippen LogP contribution in [-0.4, -0.2) is 47.9 Å². The highest BCUT2D eigenvalue weighted by atomic mass is 16.6. The summed E-state index contributed by atoms with van der Waals surface area (Å²) in [6.07, 6.45) is 5.97. The van der Waals surface area contributed by atoms with Crippen LogP contribution in [0.1, 0.15) is 25.6 Å². The van der Waals surface area contributed by atoms with Crippen LogP contribution in [0, 0.1) is 6.92 Å². The number of rotatable bonds is 8. The van der Waals surface area contributed by atoms with Crippen molar-refractivity contribution < 1.29 is 9.47 Å². The van der Waals surface area contributed by atoms with Gasteiger partial charge in [0.2, 0.25) is 0 Å². The zero-order valence-corrected chi connectivity index (χ0v) is 16.1. The molecule has 1 unspecified atom stereocenters. The van der Waals surface area contributed by atoms with Gasteiger partial charge < -0.3 is 24.7 Å². The molecule has 27 heavy (non-hydrogen) atoms. The highest BCUT2D eigenvalue weighted by Gasteiger charge is 2.20. The number of aryl methyl sites for hydroxylation is 2. The molecule has 0 amide bonds. The number of unbranched alkanes of at least 4 members (excludes halogenated alkanes) is 1. The summed E-state index contributed by atoms with van der Waals surface area (Å²) in [6.45, 7) is 7.87. The van der Waals surface area contributed by atoms with E-state index in [-0.39, 0.29) is 6.10 Å². The van der Waals surface area contributed by atoms with Gasteiger partial charge in [0.15, 0.2) is 23.6 Å². The molecule has 0 radical (unpaired) electrons. The molecule has 2 aromatic rings. The van der Waals surface area contributed by atoms with Gasteiger partial charge in [-0.1, -0.05) is 12.1 Å². The Labute approximate surface area is 160 Å². The summed E-state index contributed by atoms with van der Waals surface area (Å²) in [4.78, 5) is 8.89. The molecule has 1 atom stereocenters. The van der Waals surface area contributed by atoms with Gasteiger partial charge in [0, 0.05) is 32.0 Å². The normalized spacial score (nSPS) is 16.2. The number of ether oxygens (including phenoxy) is 2. The second-order valence-corrected chi connectivity index (χ2v) is 6.52. The molecule has 3 rings (SSSR count). The van der Waals surface area contributed by atoms with E-state index in [0.717, 1.165) is 55.8 Å². The summed E-state index contributed by atoms with van der Waals surface area (Å²) in [5.41, 5.74) is 0. The van der Waals surface area contributed by atoms with Gasteiger partial charge >= 0.3 is 0 Å². The number of aromatic nitrogens is 2. The van der Waals surface area contributed by atoms with Crippen molar-refractivity contribution in [3.8, 4) is 11.5 Å². The average Bonchev–Trinajstić information content (AvgIpc) is 3.10. The molecular formula is C20H29N5O2. The molecule has 1 aliphatic rings. The molecular weight excluding hydrogens is 342 g/mol. The van der Waals surface area contributed by atoms with Crippen molar-refractivity contribution in [2.75, 3.05) is 26.2 Å². The second-order valence-electron chi connectivity index (χ2n) is 6.52. The van der Waals surface area contributed by atoms with Crippen LogP contribution in [0.4, 0.5) is 0 Å². The highest BCUT2D eigenvalue weighted by Crippen LogP contribution is 2.30. The molecule has 0 aliphatic carbocycles. The lowest BCUT2D eigenvalue weighted by Gasteiger charge is -2.25. The molecule has 2 N–H and O–H groups in total. The van der Waals surface area contributed by atoms with Crippen LogP contribution in [0.3, 0.4) is 0 Å². The number of hydrogen-bond donors (Lipinski definition) is 2. The minimum Gasteiger partial charge on any atom is -0.486 e. The number of fused-ring (bicyclic) bond motifs is 1. The van der Waals surface area contributed by atoms with Crippen molar-refractivity contribution >= 4 is 5.96 Å². The maximum absolute atomic E-state index is 5.96. The predicted octanol–water partition coefficient (Wildman–Crippen LogP) is 2.37. The van der Waals surface area contributed by atoms with Crippen LogP contribution < -0.4 is 20.1 Å². The van der Waals surface area contributed by atoms with Gasteiger partial charge in [-0.3, -0.25) is 0 Å². The Bertz CT molecular complexity index is 743. The zero-order valence-electron chi connectivity index (χ0n) is 16.1. The Morgan fingerprint density at radius 2 is 2.11 bits per heavy atom. The number of para-hydroxylation sites is 2. The van der Waals surface area contributed by atoms with Gasteiger partial charge in [0.25, 0.3) is 0 Å². The van der Waals surface area contributed by atoms with Gasteiger partial charge in [-0.2, -0.15) is 0 Å². The molecule has 0 bridgehead atoms. The number of imidazole rings is 1. The van der Waals surface area contributed by atoms with Crippen LogP contribution in [0.15, 0.2) is 41.7 Å². The van der Waals surface area contributed by atoms with Crippen LogP contribution >= 0.6 is 0 Å². The molecule has 0 saturated heterocycles. The van der Waals surface area contributed by atoms with Crippen molar-refractivity contribution in [2.24, 2.45) is 4.99 Å². The molecule has 146 valence electrons. The molecule has 0 fully saturated rings. The monoisotopic (exact) mass is 371 g/mol. The number of nitrogens with one attached hydrogen (secondary N) is 2. The summed E-state index contributed by atoms with van der Waals surface area (Å²) in [7, 11) is 0. The molecule has 0 saturated carbocycles. The van der Waals surface area contributed by atoms with E-state index in [1.54, 1.807) is 0 Å². The van der Waals surface area contributed by atoms with Crippen molar-refractivity contribution in [3.63, 3.8) is 0 Å². The van der Waals surface area contributed by atoms with Crippen molar-refractivity contribution in [2.45, 2.75) is 39.3 Å². The summed E-state index contributed by atoms with van der Waals surface area (Å²) in [5.74, 6) is 3.47. The quantitative estimate of drug-likeness (QED) is 0.423. The molecule has 1 aromatic heterocycles. The van der Waals surface area contributed by atoms with Crippen LogP contribution in [0.25, 0.3) is 0 Å². The fraction of sp³-hybridized carbons (Fsp3) is 0.500. The fourth-order valence-electron chi connectivity index (χ4n) is 2.94. The maximum Gasteiger partial charge on any atom is 0.191 e. The maximum atomic E-state index is 5.96. The van der Waals surface area contributed by atoms with Gasteiger partial charge in [-0.25, -0.2) is 9.98 Å². The van der Waals surface area contributed by atoms with E-state index < -0.39 is 0 Å². The van der Waals surface area contributed by atoms with Crippen molar-refractivity contribution in [1.82, 2.24) is 20.2 Å². The van der Waals surface area contributed by atoms with E-state index >= 15 is 0 Å². The molecule has 7 heteroatoms. The third kappa shape index (κ3) is 5.64. The first-order chi connectivity index (χ1) is 13.3. The largest absolute Gasteiger partial charge is 0.486 e. The Morgan fingerprint density at radius 3 is 2.89 bits per heavy atom. The van der Waals surface area contributed by atoms with E-state index in [0.29, 0.717) is 13.2 Å². The lowest BCUT2D eigenvalue weighted by molar-refractivity contribution is 0.0971. The lowest BCUT2D eigenvalue weighted by atomic mass is 10.2. The predicted molar refractivity (Wildman–Crippen MR) is 107 cm³/mol. The van der Waals surface area contributed by atoms with E-state index in [9.17, 15) is 0 Å². The third-order valence-electron chi connectivity index (χ3n) is 4.41. The first-order valence-corrected chi connectivity index (χ1v) is 9.64. The number of hydrogen-bond acceptors (Lipinski definition) is 4. The van der Waals surface area contributed by atoms with E-state index in [2.05, 4.69) is 32.1 Å². The van der Waals surface area contributed by atoms with E-state index in [4.69, 9.17) is 9.47 Å². The Morgan fingerprint density at radius 1 is 1.26 bits per heavy atom. The summed E-state index contributed by atoms with van der Waals surface area (Å²) in [5, 5.41) is 6.67. The first-order valence-electron chi connectivity index (χ1n) is 9.64. The fourth-order valence-corrected chi connectivity index (χ4v) is 2.94. The van der Waals surface area contributed by atoms with Crippen LogP contribution in [-0.2, 0) is 6.54 Å². The summed E-state index contributed by atoms with van der Waals surface area (Å²) < 4.78 is 13.9. The van der Waals surface area contributed by atoms with Gasteiger partial charge in [0.1, 0.15) is 12.4 Å². The summed E-state index contributed by atoms with van der Waals surface area (Å²) in [6, 6.07) is 7.75. The lowest BCUT2D eigenvalue weighted by Crippen LogP contribution is -2.39. The molecule has 7 nitrogen and oxygen atoms in total. The number of aliphatic imine (C=N–C) groups is 1. The number of nitrogens with zero attached hydrogens (tertiary/aromatic N) is 3. The number of guanidine groups is 1. The highest BCUT2D eigenvalue weighted by molar-refractivity contribution is 5.79. The molecule has 2 heterocycles. The average molecular weight is 371 g/mol. The Kier molecular flexibility index (Phi) is 6.96. The molecule has 1 aromatic carbocycles. The van der Waals surface area contributed by atoms with Crippen molar-refractivity contribution in [1.29, 1.82) is 0 Å². The van der Waals surface area contributed by atoms with Gasteiger partial charge in [-0.05, 0) is 38.8 Å². The summed E-state index contributed by atoms with van der Waals surface area (Å²) >= 11 is 0. The minimum atomic E-state index is -0.0698. The minimum absolute atomic E-state index is 0.0698. The Hall–Kier alpha value is -2.70. The van der Waals surface area contributed by atoms with E-state index in [1.165, 1.54) is 0 Å². The third-order valence-corrected chi connectivity index (χ3v) is 4.41. The first kappa shape index (κ1) is 19.1. The SMILES string of the molecule is CCNC(=NCC1COc2ccccc2O1)NCCCCn1ccnc1C. The topological polar surface area (TPSA) is 72.7 Å². The van der Waals surface area contributed by atoms with Crippen molar-refractivity contribution in [3.05, 3.63) is 42.5 Å². The van der Waals surface area contributed by atoms with Crippen LogP contribution in [0.2, 0.25) is 0 Å². The number of benzene rings is 1.